The molecule has 0 bridgehead atoms. The molecule has 1 N–H and O–H groups in total. The SMILES string of the molecule is CN1CCC(c2ccnc(CCO)n2)CC1. The van der Waals surface area contributed by atoms with Crippen LogP contribution in [0.3, 0.4) is 0 Å². The predicted octanol–water partition coefficient (Wildman–Crippen LogP) is 0.821. The van der Waals surface area contributed by atoms with Crippen molar-refractivity contribution in [1.82, 2.24) is 14.9 Å². The fourth-order valence-corrected chi connectivity index (χ4v) is 2.17. The van der Waals surface area contributed by atoms with Crippen LogP contribution in [0, 0.1) is 0 Å². The highest BCUT2D eigenvalue weighted by molar-refractivity contribution is 5.09. The lowest BCUT2D eigenvalue weighted by molar-refractivity contribution is 0.253. The van der Waals surface area contributed by atoms with Gasteiger partial charge in [-0.1, -0.05) is 0 Å². The van der Waals surface area contributed by atoms with Crippen LogP contribution in [0.5, 0.6) is 0 Å². The molecule has 2 heterocycles. The molecule has 4 nitrogen and oxygen atoms in total. The van der Waals surface area contributed by atoms with Gasteiger partial charge in [0.2, 0.25) is 0 Å². The van der Waals surface area contributed by atoms with Crippen molar-refractivity contribution in [3.8, 4) is 0 Å². The van der Waals surface area contributed by atoms with E-state index in [1.165, 1.54) is 12.8 Å². The Morgan fingerprint density at radius 1 is 1.44 bits per heavy atom. The average molecular weight is 221 g/mol. The summed E-state index contributed by atoms with van der Waals surface area (Å²) in [5.74, 6) is 1.33. The van der Waals surface area contributed by atoms with Gasteiger partial charge < -0.3 is 10.0 Å². The molecule has 88 valence electrons. The van der Waals surface area contributed by atoms with Crippen LogP contribution in [0.4, 0.5) is 0 Å². The molecular formula is C12H19N3O. The van der Waals surface area contributed by atoms with Gasteiger partial charge in [0.05, 0.1) is 6.61 Å². The smallest absolute Gasteiger partial charge is 0.130 e. The van der Waals surface area contributed by atoms with Gasteiger partial charge in [0.15, 0.2) is 0 Å². The molecule has 2 rings (SSSR count). The first-order valence-electron chi connectivity index (χ1n) is 5.91. The van der Waals surface area contributed by atoms with Gasteiger partial charge in [0, 0.05) is 24.2 Å². The van der Waals surface area contributed by atoms with Crippen molar-refractivity contribution in [3.05, 3.63) is 23.8 Å². The number of rotatable bonds is 3. The highest BCUT2D eigenvalue weighted by atomic mass is 16.3. The summed E-state index contributed by atoms with van der Waals surface area (Å²) in [6, 6.07) is 2.01. The van der Waals surface area contributed by atoms with E-state index in [4.69, 9.17) is 5.11 Å². The maximum Gasteiger partial charge on any atom is 0.130 e. The lowest BCUT2D eigenvalue weighted by Gasteiger charge is -2.28. The fourth-order valence-electron chi connectivity index (χ4n) is 2.17. The molecule has 1 aromatic rings. The molecule has 0 atom stereocenters. The lowest BCUT2D eigenvalue weighted by Crippen LogP contribution is -2.29. The summed E-state index contributed by atoms with van der Waals surface area (Å²) in [6.45, 7) is 2.41. The zero-order chi connectivity index (χ0) is 11.4. The van der Waals surface area contributed by atoms with Crippen LogP contribution in [-0.2, 0) is 6.42 Å². The second kappa shape index (κ2) is 5.37. The van der Waals surface area contributed by atoms with E-state index in [0.29, 0.717) is 12.3 Å². The molecule has 4 heteroatoms. The van der Waals surface area contributed by atoms with Crippen LogP contribution in [0.2, 0.25) is 0 Å². The molecule has 16 heavy (non-hydrogen) atoms. The second-order valence-electron chi connectivity index (χ2n) is 4.45. The van der Waals surface area contributed by atoms with Crippen molar-refractivity contribution < 1.29 is 5.11 Å². The largest absolute Gasteiger partial charge is 0.396 e. The Balaban J connectivity index is 2.05. The third kappa shape index (κ3) is 2.77. The molecule has 1 saturated heterocycles. The Morgan fingerprint density at radius 3 is 2.88 bits per heavy atom. The normalized spacial score (nSPS) is 18.9. The molecule has 0 aliphatic carbocycles. The first-order chi connectivity index (χ1) is 7.79. The number of nitrogens with zero attached hydrogens (tertiary/aromatic N) is 3. The molecule has 0 aromatic carbocycles. The molecule has 1 aliphatic heterocycles. The van der Waals surface area contributed by atoms with Gasteiger partial charge in [0.25, 0.3) is 0 Å². The Kier molecular flexibility index (Phi) is 3.85. The molecule has 0 spiro atoms. The van der Waals surface area contributed by atoms with Crippen LogP contribution in [0.1, 0.15) is 30.3 Å². The maximum atomic E-state index is 8.87. The summed E-state index contributed by atoms with van der Waals surface area (Å²) < 4.78 is 0. The fraction of sp³-hybridized carbons (Fsp3) is 0.667. The Labute approximate surface area is 96.3 Å². The minimum absolute atomic E-state index is 0.122. The van der Waals surface area contributed by atoms with Crippen molar-refractivity contribution in [2.75, 3.05) is 26.7 Å². The van der Waals surface area contributed by atoms with Crippen LogP contribution in [-0.4, -0.2) is 46.7 Å². The Hall–Kier alpha value is -1.00. The van der Waals surface area contributed by atoms with Crippen molar-refractivity contribution >= 4 is 0 Å². The van der Waals surface area contributed by atoms with Gasteiger partial charge in [-0.15, -0.1) is 0 Å². The molecular weight excluding hydrogens is 202 g/mol. The quantitative estimate of drug-likeness (QED) is 0.821. The molecule has 0 saturated carbocycles. The third-order valence-corrected chi connectivity index (χ3v) is 3.20. The average Bonchev–Trinajstić information content (AvgIpc) is 2.31. The Morgan fingerprint density at radius 2 is 2.19 bits per heavy atom. The number of aliphatic hydroxyl groups excluding tert-OH is 1. The van der Waals surface area contributed by atoms with Gasteiger partial charge in [-0.3, -0.25) is 0 Å². The van der Waals surface area contributed by atoms with Crippen LogP contribution < -0.4 is 0 Å². The van der Waals surface area contributed by atoms with E-state index in [9.17, 15) is 0 Å². The highest BCUT2D eigenvalue weighted by Crippen LogP contribution is 2.25. The first-order valence-corrected chi connectivity index (χ1v) is 5.91. The van der Waals surface area contributed by atoms with E-state index in [2.05, 4.69) is 21.9 Å². The van der Waals surface area contributed by atoms with Crippen molar-refractivity contribution in [2.24, 2.45) is 0 Å². The summed E-state index contributed by atoms with van der Waals surface area (Å²) in [5.41, 5.74) is 1.14. The lowest BCUT2D eigenvalue weighted by atomic mass is 9.93. The molecule has 1 aliphatic rings. The van der Waals surface area contributed by atoms with Gasteiger partial charge >= 0.3 is 0 Å². The summed E-state index contributed by atoms with van der Waals surface area (Å²) >= 11 is 0. The first kappa shape index (κ1) is 11.5. The summed E-state index contributed by atoms with van der Waals surface area (Å²) in [7, 11) is 2.16. The number of hydrogen-bond donors (Lipinski definition) is 1. The van der Waals surface area contributed by atoms with E-state index in [1.54, 1.807) is 0 Å². The van der Waals surface area contributed by atoms with Crippen molar-refractivity contribution in [3.63, 3.8) is 0 Å². The van der Waals surface area contributed by atoms with Crippen LogP contribution in [0.15, 0.2) is 12.3 Å². The summed E-state index contributed by atoms with van der Waals surface area (Å²) in [5, 5.41) is 8.87. The van der Waals surface area contributed by atoms with Crippen molar-refractivity contribution in [2.45, 2.75) is 25.2 Å². The van der Waals surface area contributed by atoms with E-state index in [1.807, 2.05) is 12.3 Å². The number of piperidine rings is 1. The minimum atomic E-state index is 0.122. The zero-order valence-electron chi connectivity index (χ0n) is 9.76. The van der Waals surface area contributed by atoms with Crippen LogP contribution in [0.25, 0.3) is 0 Å². The number of likely N-dealkylation sites (tertiary alicyclic amines) is 1. The zero-order valence-corrected chi connectivity index (χ0v) is 9.76. The van der Waals surface area contributed by atoms with Crippen LogP contribution >= 0.6 is 0 Å². The van der Waals surface area contributed by atoms with E-state index in [0.717, 1.165) is 24.6 Å². The maximum absolute atomic E-state index is 8.87. The minimum Gasteiger partial charge on any atom is -0.396 e. The Bertz CT molecular complexity index is 335. The third-order valence-electron chi connectivity index (χ3n) is 3.20. The number of hydrogen-bond acceptors (Lipinski definition) is 4. The van der Waals surface area contributed by atoms with Gasteiger partial charge in [-0.25, -0.2) is 9.97 Å². The summed E-state index contributed by atoms with van der Waals surface area (Å²) in [4.78, 5) is 11.0. The predicted molar refractivity (Wildman–Crippen MR) is 62.3 cm³/mol. The van der Waals surface area contributed by atoms with Gasteiger partial charge in [-0.05, 0) is 39.0 Å². The van der Waals surface area contributed by atoms with Gasteiger partial charge in [-0.2, -0.15) is 0 Å². The summed E-state index contributed by atoms with van der Waals surface area (Å²) in [6.07, 6.45) is 4.71. The van der Waals surface area contributed by atoms with Gasteiger partial charge in [0.1, 0.15) is 5.82 Å². The second-order valence-corrected chi connectivity index (χ2v) is 4.45. The van der Waals surface area contributed by atoms with E-state index < -0.39 is 0 Å². The number of aliphatic hydroxyl groups is 1. The van der Waals surface area contributed by atoms with Crippen molar-refractivity contribution in [1.29, 1.82) is 0 Å². The standard InChI is InChI=1S/C12H19N3O/c1-15-7-3-10(4-8-15)11-2-6-13-12(14-11)5-9-16/h2,6,10,16H,3-5,7-9H2,1H3. The highest BCUT2D eigenvalue weighted by Gasteiger charge is 2.19. The van der Waals surface area contributed by atoms with E-state index in [-0.39, 0.29) is 6.61 Å². The molecule has 0 amide bonds. The molecule has 0 radical (unpaired) electrons. The molecule has 0 unspecified atom stereocenters. The molecule has 1 fully saturated rings. The molecule has 1 aromatic heterocycles. The monoisotopic (exact) mass is 221 g/mol. The number of aromatic nitrogens is 2. The van der Waals surface area contributed by atoms with E-state index >= 15 is 0 Å². The topological polar surface area (TPSA) is 49.2 Å².